The number of nitrogens with zero attached hydrogens (tertiary/aromatic N) is 5. The fraction of sp³-hybridized carbons (Fsp3) is 0.478. The average molecular weight is 422 g/mol. The van der Waals surface area contributed by atoms with Crippen molar-refractivity contribution in [1.82, 2.24) is 14.9 Å². The molecule has 2 fully saturated rings. The highest BCUT2D eigenvalue weighted by atomic mass is 32.2. The van der Waals surface area contributed by atoms with Gasteiger partial charge in [-0.1, -0.05) is 30.3 Å². The maximum atomic E-state index is 13.5. The molecule has 1 amide bonds. The summed E-state index contributed by atoms with van der Waals surface area (Å²) < 4.78 is 0. The summed E-state index contributed by atoms with van der Waals surface area (Å²) >= 11 is 1.71. The van der Waals surface area contributed by atoms with Crippen molar-refractivity contribution in [3.8, 4) is 0 Å². The molecule has 6 nitrogen and oxygen atoms in total. The van der Waals surface area contributed by atoms with Crippen molar-refractivity contribution in [3.63, 3.8) is 0 Å². The zero-order valence-electron chi connectivity index (χ0n) is 17.7. The van der Waals surface area contributed by atoms with Crippen LogP contribution in [0.5, 0.6) is 0 Å². The van der Waals surface area contributed by atoms with E-state index in [1.807, 2.05) is 49.9 Å². The molecule has 4 unspecified atom stereocenters. The third-order valence-electron chi connectivity index (χ3n) is 6.38. The van der Waals surface area contributed by atoms with Crippen molar-refractivity contribution in [3.05, 3.63) is 53.3 Å². The van der Waals surface area contributed by atoms with E-state index in [1.54, 1.807) is 11.8 Å². The Balaban J connectivity index is 1.33. The first kappa shape index (κ1) is 19.5. The van der Waals surface area contributed by atoms with Gasteiger partial charge in [0.2, 0.25) is 11.9 Å². The van der Waals surface area contributed by atoms with Crippen LogP contribution in [0.15, 0.2) is 41.4 Å². The van der Waals surface area contributed by atoms with E-state index in [1.165, 1.54) is 5.56 Å². The number of aromatic nitrogens is 2. The number of rotatable bonds is 3. The van der Waals surface area contributed by atoms with Crippen molar-refractivity contribution in [2.45, 2.75) is 44.5 Å². The summed E-state index contributed by atoms with van der Waals surface area (Å²) in [4.78, 5) is 31.8. The molecule has 3 aliphatic heterocycles. The normalized spacial score (nSPS) is 28.0. The van der Waals surface area contributed by atoms with Crippen molar-refractivity contribution >= 4 is 28.7 Å². The van der Waals surface area contributed by atoms with Crippen molar-refractivity contribution in [2.24, 2.45) is 10.9 Å². The van der Waals surface area contributed by atoms with Gasteiger partial charge in [-0.25, -0.2) is 9.97 Å². The molecule has 1 aromatic heterocycles. The first-order chi connectivity index (χ1) is 14.5. The molecule has 3 aliphatic rings. The molecule has 2 saturated heterocycles. The third kappa shape index (κ3) is 3.49. The van der Waals surface area contributed by atoms with Gasteiger partial charge in [-0.05, 0) is 38.8 Å². The van der Waals surface area contributed by atoms with E-state index in [0.717, 1.165) is 48.4 Å². The second kappa shape index (κ2) is 7.69. The molecule has 0 saturated carbocycles. The molecular weight excluding hydrogens is 394 g/mol. The Morgan fingerprint density at radius 2 is 1.80 bits per heavy atom. The summed E-state index contributed by atoms with van der Waals surface area (Å²) in [5, 5.41) is 1.06. The Morgan fingerprint density at radius 1 is 1.07 bits per heavy atom. The van der Waals surface area contributed by atoms with E-state index in [2.05, 4.69) is 27.0 Å². The highest BCUT2D eigenvalue weighted by Gasteiger charge is 2.47. The number of fused-ring (bicyclic) bond motifs is 1. The van der Waals surface area contributed by atoms with Gasteiger partial charge >= 0.3 is 0 Å². The number of anilines is 1. The summed E-state index contributed by atoms with van der Waals surface area (Å²) in [6.45, 7) is 8.56. The molecule has 2 aromatic rings. The molecule has 4 atom stereocenters. The fourth-order valence-electron chi connectivity index (χ4n) is 4.87. The minimum absolute atomic E-state index is 0.0664. The molecule has 4 heterocycles. The van der Waals surface area contributed by atoms with Crippen LogP contribution in [0.1, 0.15) is 35.5 Å². The smallest absolute Gasteiger partial charge is 0.248 e. The Bertz CT molecular complexity index is 974. The molecule has 7 heteroatoms. The maximum Gasteiger partial charge on any atom is 0.248 e. The summed E-state index contributed by atoms with van der Waals surface area (Å²) in [5.41, 5.74) is 3.15. The van der Waals surface area contributed by atoms with Crippen LogP contribution < -0.4 is 4.90 Å². The molecule has 0 bridgehead atoms. The number of aliphatic imine (C=N–C) groups is 1. The predicted molar refractivity (Wildman–Crippen MR) is 121 cm³/mol. The number of thioether (sulfide) groups is 1. The zero-order chi connectivity index (χ0) is 20.8. The first-order valence-electron chi connectivity index (χ1n) is 10.6. The number of benzene rings is 1. The number of hydrogen-bond donors (Lipinski definition) is 0. The van der Waals surface area contributed by atoms with Crippen molar-refractivity contribution in [2.75, 3.05) is 24.5 Å². The van der Waals surface area contributed by atoms with Gasteiger partial charge in [0.1, 0.15) is 6.04 Å². The van der Waals surface area contributed by atoms with Gasteiger partial charge in [-0.3, -0.25) is 9.79 Å². The lowest BCUT2D eigenvalue weighted by Gasteiger charge is -2.53. The van der Waals surface area contributed by atoms with Crippen molar-refractivity contribution < 1.29 is 4.79 Å². The molecule has 30 heavy (non-hydrogen) atoms. The third-order valence-corrected chi connectivity index (χ3v) is 7.61. The van der Waals surface area contributed by atoms with E-state index in [9.17, 15) is 4.79 Å². The molecule has 0 aliphatic carbocycles. The van der Waals surface area contributed by atoms with Crippen LogP contribution in [-0.4, -0.2) is 57.5 Å². The quantitative estimate of drug-likeness (QED) is 0.760. The van der Waals surface area contributed by atoms with Gasteiger partial charge in [-0.2, -0.15) is 0 Å². The standard InChI is InChI=1S/C23H27N5OS/c1-14-11-15(2)25-23(24-14)28-12-18-9-10-27(13-19(18)28)22(29)20-21(30-16(3)26-20)17-7-5-4-6-8-17/h4-8,11,18-21H,9-10,12-13H2,1-3H3. The molecule has 5 rings (SSSR count). The van der Waals surface area contributed by atoms with E-state index >= 15 is 0 Å². The van der Waals surface area contributed by atoms with Crippen LogP contribution in [0.3, 0.4) is 0 Å². The second-order valence-corrected chi connectivity index (χ2v) is 9.88. The number of aryl methyl sites for hydroxylation is 2. The number of carbonyl (C=O) groups is 1. The Kier molecular flexibility index (Phi) is 5.01. The maximum absolute atomic E-state index is 13.5. The lowest BCUT2D eigenvalue weighted by atomic mass is 9.82. The Labute approximate surface area is 181 Å². The topological polar surface area (TPSA) is 61.7 Å². The van der Waals surface area contributed by atoms with E-state index in [0.29, 0.717) is 12.0 Å². The van der Waals surface area contributed by atoms with E-state index < -0.39 is 0 Å². The molecule has 0 N–H and O–H groups in total. The fourth-order valence-corrected chi connectivity index (χ4v) is 6.01. The summed E-state index contributed by atoms with van der Waals surface area (Å²) in [6.07, 6.45) is 1.04. The first-order valence-corrected chi connectivity index (χ1v) is 11.5. The number of carbonyl (C=O) groups excluding carboxylic acids is 1. The van der Waals surface area contributed by atoms with Crippen LogP contribution >= 0.6 is 11.8 Å². The lowest BCUT2D eigenvalue weighted by molar-refractivity contribution is -0.134. The zero-order valence-corrected chi connectivity index (χ0v) is 18.5. The Hall–Kier alpha value is -2.41. The van der Waals surface area contributed by atoms with Crippen LogP contribution in [0.2, 0.25) is 0 Å². The van der Waals surface area contributed by atoms with E-state index in [-0.39, 0.29) is 17.2 Å². The number of amides is 1. The molecule has 1 aromatic carbocycles. The van der Waals surface area contributed by atoms with Gasteiger partial charge in [0.05, 0.1) is 16.3 Å². The summed E-state index contributed by atoms with van der Waals surface area (Å²) in [6, 6.07) is 12.3. The van der Waals surface area contributed by atoms with Crippen molar-refractivity contribution in [1.29, 1.82) is 0 Å². The lowest BCUT2D eigenvalue weighted by Crippen LogP contribution is -2.66. The van der Waals surface area contributed by atoms with Crippen LogP contribution in [-0.2, 0) is 4.79 Å². The predicted octanol–water partition coefficient (Wildman–Crippen LogP) is 3.41. The average Bonchev–Trinajstić information content (AvgIpc) is 3.10. The minimum atomic E-state index is -0.333. The SMILES string of the molecule is CC1=NC(C(=O)N2CCC3CN(c4nc(C)cc(C)n4)C3C2)C(c2ccccc2)S1. The second-order valence-electron chi connectivity index (χ2n) is 8.55. The summed E-state index contributed by atoms with van der Waals surface area (Å²) in [7, 11) is 0. The largest absolute Gasteiger partial charge is 0.339 e. The minimum Gasteiger partial charge on any atom is -0.339 e. The van der Waals surface area contributed by atoms with Crippen LogP contribution in [0.4, 0.5) is 5.95 Å². The number of hydrogen-bond acceptors (Lipinski definition) is 6. The van der Waals surface area contributed by atoms with Gasteiger partial charge in [-0.15, -0.1) is 11.8 Å². The van der Waals surface area contributed by atoms with Gasteiger partial charge in [0.15, 0.2) is 0 Å². The van der Waals surface area contributed by atoms with E-state index in [4.69, 9.17) is 4.99 Å². The van der Waals surface area contributed by atoms with Crippen LogP contribution in [0, 0.1) is 19.8 Å². The molecule has 156 valence electrons. The van der Waals surface area contributed by atoms with Gasteiger partial charge in [0.25, 0.3) is 0 Å². The number of piperidine rings is 1. The number of likely N-dealkylation sites (tertiary alicyclic amines) is 1. The van der Waals surface area contributed by atoms with Gasteiger partial charge < -0.3 is 9.80 Å². The highest BCUT2D eigenvalue weighted by molar-refractivity contribution is 8.14. The monoisotopic (exact) mass is 421 g/mol. The highest BCUT2D eigenvalue weighted by Crippen LogP contribution is 2.42. The van der Waals surface area contributed by atoms with Gasteiger partial charge in [0, 0.05) is 36.9 Å². The summed E-state index contributed by atoms with van der Waals surface area (Å²) in [5.74, 6) is 1.57. The van der Waals surface area contributed by atoms with Crippen LogP contribution in [0.25, 0.3) is 0 Å². The molecule has 0 spiro atoms. The Morgan fingerprint density at radius 3 is 2.53 bits per heavy atom. The molecular formula is C23H27N5OS. The molecule has 0 radical (unpaired) electrons.